The molecule has 4 aromatic rings. The number of aromatic amines is 1. The van der Waals surface area contributed by atoms with Crippen LogP contribution in [0.25, 0.3) is 22.2 Å². The van der Waals surface area contributed by atoms with Crippen LogP contribution in [0.1, 0.15) is 64.6 Å². The third kappa shape index (κ3) is 5.26. The van der Waals surface area contributed by atoms with Gasteiger partial charge in [-0.25, -0.2) is 19.9 Å². The minimum absolute atomic E-state index is 0.0891. The van der Waals surface area contributed by atoms with Gasteiger partial charge in [0.05, 0.1) is 24.0 Å². The molecule has 4 heterocycles. The fraction of sp³-hybridized carbons (Fsp3) is 0.600. The first-order valence-corrected chi connectivity index (χ1v) is 14.9. The summed E-state index contributed by atoms with van der Waals surface area (Å²) in [5.41, 5.74) is 9.57. The van der Waals surface area contributed by atoms with E-state index in [9.17, 15) is 15.3 Å². The van der Waals surface area contributed by atoms with E-state index in [1.54, 1.807) is 4.57 Å². The number of H-pyrrole nitrogens is 1. The van der Waals surface area contributed by atoms with Gasteiger partial charge in [-0.3, -0.25) is 9.47 Å². The Hall–Kier alpha value is -3.16. The first kappa shape index (κ1) is 28.9. The molecule has 4 atom stereocenters. The minimum Gasteiger partial charge on any atom is -0.395 e. The third-order valence-corrected chi connectivity index (χ3v) is 9.23. The Morgan fingerprint density at radius 1 is 1.17 bits per heavy atom. The number of aromatic nitrogens is 6. The number of aliphatic hydroxyl groups is 3. The Morgan fingerprint density at radius 2 is 1.95 bits per heavy atom. The van der Waals surface area contributed by atoms with Gasteiger partial charge in [0, 0.05) is 30.5 Å². The molecule has 2 fully saturated rings. The van der Waals surface area contributed by atoms with Gasteiger partial charge < -0.3 is 30.8 Å². The van der Waals surface area contributed by atoms with Crippen molar-refractivity contribution in [1.82, 2.24) is 34.4 Å². The summed E-state index contributed by atoms with van der Waals surface area (Å²) >= 11 is 0. The Morgan fingerprint density at radius 3 is 2.69 bits per heavy atom. The number of imidazole rings is 2. The molecule has 6 N–H and O–H groups in total. The van der Waals surface area contributed by atoms with Crippen molar-refractivity contribution in [3.63, 3.8) is 0 Å². The predicted molar refractivity (Wildman–Crippen MR) is 159 cm³/mol. The monoisotopic (exact) mass is 578 g/mol. The first-order chi connectivity index (χ1) is 20.1. The number of ether oxygens (including phenoxy) is 1. The van der Waals surface area contributed by atoms with Crippen LogP contribution in [0.15, 0.2) is 30.9 Å². The maximum Gasteiger partial charge on any atom is 0.167 e. The van der Waals surface area contributed by atoms with Crippen molar-refractivity contribution in [1.29, 1.82) is 0 Å². The zero-order chi connectivity index (χ0) is 29.8. The van der Waals surface area contributed by atoms with Crippen molar-refractivity contribution in [2.45, 2.75) is 95.4 Å². The lowest BCUT2D eigenvalue weighted by Crippen LogP contribution is -2.52. The molecule has 0 radical (unpaired) electrons. The second-order valence-corrected chi connectivity index (χ2v) is 12.9. The number of nitrogens with one attached hydrogen (secondary N) is 1. The van der Waals surface area contributed by atoms with E-state index >= 15 is 0 Å². The van der Waals surface area contributed by atoms with E-state index in [1.807, 2.05) is 13.8 Å². The third-order valence-electron chi connectivity index (χ3n) is 9.23. The summed E-state index contributed by atoms with van der Waals surface area (Å²) in [6, 6.07) is 6.84. The molecule has 226 valence electrons. The molecule has 42 heavy (non-hydrogen) atoms. The van der Waals surface area contributed by atoms with Crippen LogP contribution in [0, 0.1) is 5.92 Å². The molecule has 1 aromatic carbocycles. The number of rotatable bonds is 10. The summed E-state index contributed by atoms with van der Waals surface area (Å²) in [6.07, 6.45) is 3.42. The standard InChI is InChI=1S/C30H42N8O4/c1-16(2)37(12-22-25(40)26(41)29(42-22)38-15-34-24-27(31)32-14-33-28(24)38)19-9-17(10-19)5-8-23-35-20-7-6-18(11-21(20)36-23)30(3,4)13-39/h6-7,11,14-17,19,22,25-26,29,39-41H,5,8-10,12-13H2,1-4H3,(H,35,36)(H2,31,32,33)/t17?,19?,22-,25-,26-,29-/m1/s1. The minimum atomic E-state index is -1.12. The van der Waals surface area contributed by atoms with Crippen LogP contribution in [-0.2, 0) is 16.6 Å². The van der Waals surface area contributed by atoms with Crippen molar-refractivity contribution in [3.05, 3.63) is 42.2 Å². The first-order valence-electron chi connectivity index (χ1n) is 14.9. The number of fused-ring (bicyclic) bond motifs is 2. The number of hydrogen-bond acceptors (Lipinski definition) is 10. The number of aliphatic hydroxyl groups excluding tert-OH is 3. The fourth-order valence-electron chi connectivity index (χ4n) is 6.39. The average Bonchev–Trinajstić information content (AvgIpc) is 3.63. The van der Waals surface area contributed by atoms with Crippen LogP contribution >= 0.6 is 0 Å². The van der Waals surface area contributed by atoms with Gasteiger partial charge in [0.15, 0.2) is 17.7 Å². The molecule has 6 rings (SSSR count). The normalized spacial score (nSPS) is 26.6. The zero-order valence-corrected chi connectivity index (χ0v) is 24.7. The highest BCUT2D eigenvalue weighted by molar-refractivity contribution is 5.81. The Kier molecular flexibility index (Phi) is 7.69. The van der Waals surface area contributed by atoms with E-state index in [0.29, 0.717) is 29.7 Å². The number of nitrogens with zero attached hydrogens (tertiary/aromatic N) is 6. The van der Waals surface area contributed by atoms with E-state index < -0.39 is 24.5 Å². The largest absolute Gasteiger partial charge is 0.395 e. The van der Waals surface area contributed by atoms with E-state index in [0.717, 1.165) is 48.1 Å². The highest BCUT2D eigenvalue weighted by atomic mass is 16.6. The lowest BCUT2D eigenvalue weighted by molar-refractivity contribution is -0.0620. The molecule has 2 aliphatic rings. The maximum atomic E-state index is 10.9. The predicted octanol–water partition coefficient (Wildman–Crippen LogP) is 2.30. The SMILES string of the molecule is CC(C)N(C[C@H]1O[C@@H](n2cnc3c(N)ncnc32)[C@H](O)[C@@H]1O)C1CC(CCc2nc3cc(C(C)(C)CO)ccc3[nH]2)C1. The Bertz CT molecular complexity index is 1540. The number of nitrogen functional groups attached to an aromatic ring is 1. The van der Waals surface area contributed by atoms with Crippen molar-refractivity contribution in [2.24, 2.45) is 5.92 Å². The Balaban J connectivity index is 1.05. The summed E-state index contributed by atoms with van der Waals surface area (Å²) in [7, 11) is 0. The molecular formula is C30H42N8O4. The van der Waals surface area contributed by atoms with Gasteiger partial charge in [-0.1, -0.05) is 19.9 Å². The van der Waals surface area contributed by atoms with Crippen LogP contribution in [-0.4, -0.2) is 93.3 Å². The van der Waals surface area contributed by atoms with Crippen molar-refractivity contribution >= 4 is 28.0 Å². The average molecular weight is 579 g/mol. The highest BCUT2D eigenvalue weighted by Gasteiger charge is 2.46. The van der Waals surface area contributed by atoms with E-state index in [1.165, 1.54) is 12.7 Å². The number of anilines is 1. The number of nitrogens with two attached hydrogens (primary N) is 1. The Labute approximate surface area is 245 Å². The van der Waals surface area contributed by atoms with Gasteiger partial charge in [0.1, 0.15) is 36.0 Å². The van der Waals surface area contributed by atoms with Gasteiger partial charge in [-0.15, -0.1) is 0 Å². The molecule has 0 spiro atoms. The van der Waals surface area contributed by atoms with Crippen LogP contribution < -0.4 is 5.73 Å². The highest BCUT2D eigenvalue weighted by Crippen LogP contribution is 2.38. The zero-order valence-electron chi connectivity index (χ0n) is 24.7. The van der Waals surface area contributed by atoms with Crippen molar-refractivity contribution in [2.75, 3.05) is 18.9 Å². The van der Waals surface area contributed by atoms with Gasteiger partial charge in [-0.05, 0) is 56.7 Å². The second kappa shape index (κ2) is 11.2. The molecule has 12 nitrogen and oxygen atoms in total. The molecule has 1 aliphatic heterocycles. The lowest BCUT2D eigenvalue weighted by atomic mass is 9.76. The molecule has 1 saturated heterocycles. The van der Waals surface area contributed by atoms with Gasteiger partial charge in [0.25, 0.3) is 0 Å². The molecule has 1 saturated carbocycles. The summed E-state index contributed by atoms with van der Waals surface area (Å²) in [5, 5.41) is 31.6. The summed E-state index contributed by atoms with van der Waals surface area (Å²) in [6.45, 7) is 8.99. The number of aryl methyl sites for hydroxylation is 1. The fourth-order valence-corrected chi connectivity index (χ4v) is 6.39. The molecular weight excluding hydrogens is 536 g/mol. The van der Waals surface area contributed by atoms with Crippen LogP contribution in [0.2, 0.25) is 0 Å². The maximum absolute atomic E-state index is 10.9. The summed E-state index contributed by atoms with van der Waals surface area (Å²) in [5.74, 6) is 1.85. The van der Waals surface area contributed by atoms with Crippen LogP contribution in [0.3, 0.4) is 0 Å². The lowest BCUT2D eigenvalue weighted by Gasteiger charge is -2.46. The molecule has 0 amide bonds. The van der Waals surface area contributed by atoms with Gasteiger partial charge in [-0.2, -0.15) is 0 Å². The number of benzene rings is 1. The van der Waals surface area contributed by atoms with E-state index in [4.69, 9.17) is 15.5 Å². The van der Waals surface area contributed by atoms with Crippen molar-refractivity contribution < 1.29 is 20.1 Å². The van der Waals surface area contributed by atoms with E-state index in [2.05, 4.69) is 56.9 Å². The van der Waals surface area contributed by atoms with Crippen LogP contribution in [0.5, 0.6) is 0 Å². The smallest absolute Gasteiger partial charge is 0.167 e. The van der Waals surface area contributed by atoms with Crippen LogP contribution in [0.4, 0.5) is 5.82 Å². The molecule has 0 bridgehead atoms. The van der Waals surface area contributed by atoms with Gasteiger partial charge >= 0.3 is 0 Å². The quantitative estimate of drug-likeness (QED) is 0.188. The summed E-state index contributed by atoms with van der Waals surface area (Å²) in [4.78, 5) is 23.2. The molecule has 3 aromatic heterocycles. The number of hydrogen-bond donors (Lipinski definition) is 5. The van der Waals surface area contributed by atoms with E-state index in [-0.39, 0.29) is 23.9 Å². The summed E-state index contributed by atoms with van der Waals surface area (Å²) < 4.78 is 7.85. The molecule has 1 aliphatic carbocycles. The molecule has 12 heteroatoms. The second-order valence-electron chi connectivity index (χ2n) is 12.9. The van der Waals surface area contributed by atoms with Crippen molar-refractivity contribution in [3.8, 4) is 0 Å². The molecule has 0 unspecified atom stereocenters. The topological polar surface area (TPSA) is 171 Å². The van der Waals surface area contributed by atoms with Gasteiger partial charge in [0.2, 0.25) is 0 Å².